The van der Waals surface area contributed by atoms with Crippen molar-refractivity contribution >= 4 is 11.9 Å². The van der Waals surface area contributed by atoms with E-state index < -0.39 is 6.03 Å². The maximum Gasteiger partial charge on any atom is 0.312 e. The molecular formula is C8H17N3O2. The monoisotopic (exact) mass is 187 g/mol. The molecule has 0 saturated carbocycles. The predicted molar refractivity (Wildman–Crippen MR) is 50.1 cm³/mol. The number of carbonyl (C=O) groups excluding carboxylic acids is 2. The molecule has 5 nitrogen and oxygen atoms in total. The van der Waals surface area contributed by atoms with Gasteiger partial charge >= 0.3 is 6.03 Å². The molecule has 0 atom stereocenters. The van der Waals surface area contributed by atoms with Crippen molar-refractivity contribution < 1.29 is 9.59 Å². The molecule has 0 heterocycles. The van der Waals surface area contributed by atoms with Crippen molar-refractivity contribution in [2.45, 2.75) is 20.3 Å². The van der Waals surface area contributed by atoms with Gasteiger partial charge in [0.15, 0.2) is 0 Å². The first-order valence-corrected chi connectivity index (χ1v) is 4.42. The fraction of sp³-hybridized carbons (Fsp3) is 0.750. The number of rotatable bonds is 5. The highest BCUT2D eigenvalue weighted by molar-refractivity contribution is 5.77. The molecule has 0 unspecified atom stereocenters. The van der Waals surface area contributed by atoms with E-state index >= 15 is 0 Å². The summed E-state index contributed by atoms with van der Waals surface area (Å²) in [6.07, 6.45) is 0.310. The lowest BCUT2D eigenvalue weighted by Crippen LogP contribution is -2.36. The summed E-state index contributed by atoms with van der Waals surface area (Å²) in [6, 6.07) is -0.590. The van der Waals surface area contributed by atoms with E-state index in [1.165, 1.54) is 0 Å². The number of hydrogen-bond acceptors (Lipinski definition) is 2. The Bertz CT molecular complexity index is 178. The molecule has 3 amide bonds. The van der Waals surface area contributed by atoms with Gasteiger partial charge in [0.2, 0.25) is 5.91 Å². The van der Waals surface area contributed by atoms with Crippen LogP contribution in [0.4, 0.5) is 4.79 Å². The maximum absolute atomic E-state index is 11.3. The van der Waals surface area contributed by atoms with Gasteiger partial charge in [-0.3, -0.25) is 4.79 Å². The second-order valence-electron chi connectivity index (χ2n) is 2.61. The SMILES string of the molecule is CCN(CC)C(=O)CCNC(N)=O. The Morgan fingerprint density at radius 2 is 1.85 bits per heavy atom. The largest absolute Gasteiger partial charge is 0.352 e. The molecule has 0 aromatic rings. The highest BCUT2D eigenvalue weighted by Gasteiger charge is 2.08. The first kappa shape index (κ1) is 11.7. The predicted octanol–water partition coefficient (Wildman–Crippen LogP) is -0.0868. The van der Waals surface area contributed by atoms with E-state index in [0.29, 0.717) is 26.1 Å². The number of nitrogens with one attached hydrogen (secondary N) is 1. The van der Waals surface area contributed by atoms with E-state index in [9.17, 15) is 9.59 Å². The van der Waals surface area contributed by atoms with Crippen molar-refractivity contribution in [2.24, 2.45) is 5.73 Å². The van der Waals surface area contributed by atoms with Crippen LogP contribution in [0.15, 0.2) is 0 Å². The van der Waals surface area contributed by atoms with Crippen LogP contribution in [0.1, 0.15) is 20.3 Å². The van der Waals surface area contributed by atoms with Gasteiger partial charge in [-0.1, -0.05) is 0 Å². The van der Waals surface area contributed by atoms with E-state index in [2.05, 4.69) is 5.32 Å². The van der Waals surface area contributed by atoms with Gasteiger partial charge in [0.25, 0.3) is 0 Å². The van der Waals surface area contributed by atoms with Crippen LogP contribution in [0.25, 0.3) is 0 Å². The fourth-order valence-electron chi connectivity index (χ4n) is 1.03. The number of primary amides is 1. The average Bonchev–Trinajstić information content (AvgIpc) is 2.05. The molecule has 0 aliphatic heterocycles. The maximum atomic E-state index is 11.3. The third kappa shape index (κ3) is 5.05. The van der Waals surface area contributed by atoms with Gasteiger partial charge in [0.1, 0.15) is 0 Å². The van der Waals surface area contributed by atoms with Crippen molar-refractivity contribution in [1.82, 2.24) is 10.2 Å². The number of nitrogens with zero attached hydrogens (tertiary/aromatic N) is 1. The molecule has 76 valence electrons. The van der Waals surface area contributed by atoms with Crippen LogP contribution in [-0.4, -0.2) is 36.5 Å². The lowest BCUT2D eigenvalue weighted by atomic mass is 10.3. The number of urea groups is 1. The Hall–Kier alpha value is -1.26. The second-order valence-corrected chi connectivity index (χ2v) is 2.61. The number of hydrogen-bond donors (Lipinski definition) is 2. The molecular weight excluding hydrogens is 170 g/mol. The molecule has 5 heteroatoms. The van der Waals surface area contributed by atoms with Crippen LogP contribution >= 0.6 is 0 Å². The zero-order chi connectivity index (χ0) is 10.3. The standard InChI is InChI=1S/C8H17N3O2/c1-3-11(4-2)7(12)5-6-10-8(9)13/h3-6H2,1-2H3,(H3,9,10,13). The normalized spacial score (nSPS) is 9.38. The summed E-state index contributed by atoms with van der Waals surface area (Å²) in [7, 11) is 0. The third-order valence-electron chi connectivity index (χ3n) is 1.75. The van der Waals surface area contributed by atoms with Crippen LogP contribution in [0.5, 0.6) is 0 Å². The summed E-state index contributed by atoms with van der Waals surface area (Å²) in [4.78, 5) is 23.3. The zero-order valence-corrected chi connectivity index (χ0v) is 8.17. The number of amides is 3. The van der Waals surface area contributed by atoms with Crippen LogP contribution in [0.2, 0.25) is 0 Å². The molecule has 0 aliphatic carbocycles. The Morgan fingerprint density at radius 3 is 2.23 bits per heavy atom. The minimum atomic E-state index is -0.590. The summed E-state index contributed by atoms with van der Waals surface area (Å²) in [5, 5.41) is 2.37. The molecule has 13 heavy (non-hydrogen) atoms. The van der Waals surface area contributed by atoms with Crippen molar-refractivity contribution in [1.29, 1.82) is 0 Å². The molecule has 0 bridgehead atoms. The van der Waals surface area contributed by atoms with E-state index in [0.717, 1.165) is 0 Å². The van der Waals surface area contributed by atoms with Crippen LogP contribution in [-0.2, 0) is 4.79 Å². The topological polar surface area (TPSA) is 75.4 Å². The average molecular weight is 187 g/mol. The van der Waals surface area contributed by atoms with E-state index in [-0.39, 0.29) is 5.91 Å². The Balaban J connectivity index is 3.66. The van der Waals surface area contributed by atoms with Crippen molar-refractivity contribution in [3.8, 4) is 0 Å². The van der Waals surface area contributed by atoms with Crippen LogP contribution in [0, 0.1) is 0 Å². The number of nitrogens with two attached hydrogens (primary N) is 1. The lowest BCUT2D eigenvalue weighted by molar-refractivity contribution is -0.130. The van der Waals surface area contributed by atoms with Crippen molar-refractivity contribution in [2.75, 3.05) is 19.6 Å². The Kier molecular flexibility index (Phi) is 5.67. The smallest absolute Gasteiger partial charge is 0.312 e. The first-order valence-electron chi connectivity index (χ1n) is 4.42. The zero-order valence-electron chi connectivity index (χ0n) is 8.17. The molecule has 0 spiro atoms. The van der Waals surface area contributed by atoms with E-state index in [1.54, 1.807) is 4.90 Å². The molecule has 0 fully saturated rings. The van der Waals surface area contributed by atoms with E-state index in [1.807, 2.05) is 13.8 Å². The summed E-state index contributed by atoms with van der Waals surface area (Å²) in [5.74, 6) is 0.0405. The van der Waals surface area contributed by atoms with Gasteiger partial charge in [0.05, 0.1) is 0 Å². The summed E-state index contributed by atoms with van der Waals surface area (Å²) in [5.41, 5.74) is 4.84. The van der Waals surface area contributed by atoms with Gasteiger partial charge in [-0.15, -0.1) is 0 Å². The Morgan fingerprint density at radius 1 is 1.31 bits per heavy atom. The summed E-state index contributed by atoms with van der Waals surface area (Å²) >= 11 is 0. The molecule has 3 N–H and O–H groups in total. The highest BCUT2D eigenvalue weighted by atomic mass is 16.2. The van der Waals surface area contributed by atoms with Crippen molar-refractivity contribution in [3.63, 3.8) is 0 Å². The molecule has 0 rings (SSSR count). The third-order valence-corrected chi connectivity index (χ3v) is 1.75. The fourth-order valence-corrected chi connectivity index (χ4v) is 1.03. The molecule has 0 radical (unpaired) electrons. The van der Waals surface area contributed by atoms with Gasteiger partial charge in [-0.2, -0.15) is 0 Å². The first-order chi connectivity index (χ1) is 6.11. The Labute approximate surface area is 78.3 Å². The molecule has 0 aromatic heterocycles. The molecule has 0 aromatic carbocycles. The van der Waals surface area contributed by atoms with Gasteiger partial charge in [0, 0.05) is 26.1 Å². The lowest BCUT2D eigenvalue weighted by Gasteiger charge is -2.18. The van der Waals surface area contributed by atoms with Crippen LogP contribution < -0.4 is 11.1 Å². The summed E-state index contributed by atoms with van der Waals surface area (Å²) in [6.45, 7) is 5.55. The van der Waals surface area contributed by atoms with Gasteiger partial charge < -0.3 is 16.0 Å². The van der Waals surface area contributed by atoms with Gasteiger partial charge in [-0.25, -0.2) is 4.79 Å². The number of carbonyl (C=O) groups is 2. The highest BCUT2D eigenvalue weighted by Crippen LogP contribution is 1.92. The minimum Gasteiger partial charge on any atom is -0.352 e. The summed E-state index contributed by atoms with van der Waals surface area (Å²) < 4.78 is 0. The molecule has 0 saturated heterocycles. The quantitative estimate of drug-likeness (QED) is 0.631. The van der Waals surface area contributed by atoms with Crippen molar-refractivity contribution in [3.05, 3.63) is 0 Å². The minimum absolute atomic E-state index is 0.0405. The van der Waals surface area contributed by atoms with E-state index in [4.69, 9.17) is 5.73 Å². The van der Waals surface area contributed by atoms with Gasteiger partial charge in [-0.05, 0) is 13.8 Å². The van der Waals surface area contributed by atoms with Crippen LogP contribution in [0.3, 0.4) is 0 Å². The second kappa shape index (κ2) is 6.28. The molecule has 0 aliphatic rings.